The molecule has 0 unspecified atom stereocenters. The third-order valence-electron chi connectivity index (χ3n) is 4.48. The molecule has 2 heterocycles. The van der Waals surface area contributed by atoms with Crippen LogP contribution in [0.5, 0.6) is 11.6 Å². The summed E-state index contributed by atoms with van der Waals surface area (Å²) in [6.45, 7) is -0.470. The Balaban J connectivity index is 1.62. The highest BCUT2D eigenvalue weighted by Crippen LogP contribution is 2.38. The highest BCUT2D eigenvalue weighted by Gasteiger charge is 2.38. The van der Waals surface area contributed by atoms with Crippen LogP contribution in [0.1, 0.15) is 5.56 Å². The van der Waals surface area contributed by atoms with Gasteiger partial charge in [-0.3, -0.25) is 4.79 Å². The summed E-state index contributed by atoms with van der Waals surface area (Å²) in [5.41, 5.74) is -0.0552. The van der Waals surface area contributed by atoms with Gasteiger partial charge in [0, 0.05) is 17.9 Å². The number of benzene rings is 2. The van der Waals surface area contributed by atoms with E-state index in [1.807, 2.05) is 0 Å². The third-order valence-corrected chi connectivity index (χ3v) is 5.85. The molecule has 1 fully saturated rings. The third kappa shape index (κ3) is 3.71. The van der Waals surface area contributed by atoms with Crippen molar-refractivity contribution < 1.29 is 31.8 Å². The first-order valence-electron chi connectivity index (χ1n) is 8.77. The molecular formula is C19H15F2N3O5S. The number of ether oxygens (including phenoxy) is 1. The van der Waals surface area contributed by atoms with Crippen molar-refractivity contribution in [2.24, 2.45) is 0 Å². The van der Waals surface area contributed by atoms with Gasteiger partial charge in [0.15, 0.2) is 5.82 Å². The van der Waals surface area contributed by atoms with E-state index < -0.39 is 39.9 Å². The van der Waals surface area contributed by atoms with E-state index in [1.54, 1.807) is 16.9 Å². The number of phenolic OH excluding ortho intramolecular Hbond substituents is 1. The van der Waals surface area contributed by atoms with Crippen LogP contribution in [0.2, 0.25) is 0 Å². The van der Waals surface area contributed by atoms with Crippen molar-refractivity contribution in [3.05, 3.63) is 59.7 Å². The van der Waals surface area contributed by atoms with Crippen LogP contribution in [-0.2, 0) is 21.4 Å². The van der Waals surface area contributed by atoms with E-state index in [0.717, 1.165) is 11.6 Å². The van der Waals surface area contributed by atoms with E-state index in [4.69, 9.17) is 4.74 Å². The first kappa shape index (κ1) is 19.8. The van der Waals surface area contributed by atoms with E-state index in [0.29, 0.717) is 10.7 Å². The maximum atomic E-state index is 15.1. The van der Waals surface area contributed by atoms with Crippen LogP contribution in [-0.4, -0.2) is 37.6 Å². The molecule has 30 heavy (non-hydrogen) atoms. The molecule has 8 nitrogen and oxygen atoms in total. The molecule has 4 rings (SSSR count). The predicted octanol–water partition coefficient (Wildman–Crippen LogP) is 2.02. The average molecular weight is 435 g/mol. The van der Waals surface area contributed by atoms with Crippen molar-refractivity contribution in [1.82, 2.24) is 9.71 Å². The van der Waals surface area contributed by atoms with Gasteiger partial charge in [-0.15, -0.1) is 0 Å². The molecule has 3 aromatic rings. The SMILES string of the molecule is O=C1CN(c2c(O)cc3ccc(OCCc4ccc(F)cc4)nc3c2F)S(=O)(=O)N1. The van der Waals surface area contributed by atoms with Gasteiger partial charge in [-0.2, -0.15) is 8.42 Å². The Morgan fingerprint density at radius 3 is 2.57 bits per heavy atom. The highest BCUT2D eigenvalue weighted by molar-refractivity contribution is 7.92. The van der Waals surface area contributed by atoms with Crippen LogP contribution in [0.4, 0.5) is 14.5 Å². The van der Waals surface area contributed by atoms with Crippen LogP contribution in [0.25, 0.3) is 10.9 Å². The number of amides is 1. The van der Waals surface area contributed by atoms with E-state index in [1.165, 1.54) is 24.3 Å². The summed E-state index contributed by atoms with van der Waals surface area (Å²) in [6, 6.07) is 9.99. The molecule has 1 aromatic heterocycles. The Morgan fingerprint density at radius 1 is 1.17 bits per heavy atom. The predicted molar refractivity (Wildman–Crippen MR) is 103 cm³/mol. The molecule has 156 valence electrons. The van der Waals surface area contributed by atoms with Gasteiger partial charge in [0.25, 0.3) is 5.91 Å². The smallest absolute Gasteiger partial charge is 0.326 e. The van der Waals surface area contributed by atoms with Crippen molar-refractivity contribution in [2.75, 3.05) is 17.5 Å². The van der Waals surface area contributed by atoms with E-state index in [9.17, 15) is 22.7 Å². The Morgan fingerprint density at radius 2 is 1.90 bits per heavy atom. The number of pyridine rings is 1. The molecule has 0 saturated carbocycles. The molecule has 0 bridgehead atoms. The first-order valence-corrected chi connectivity index (χ1v) is 10.2. The lowest BCUT2D eigenvalue weighted by atomic mass is 10.1. The first-order chi connectivity index (χ1) is 14.2. The second kappa shape index (κ2) is 7.41. The second-order valence-corrected chi connectivity index (χ2v) is 8.14. The number of nitrogens with one attached hydrogen (secondary N) is 1. The number of nitrogens with zero attached hydrogens (tertiary/aromatic N) is 2. The number of carbonyl (C=O) groups is 1. The van der Waals surface area contributed by atoms with Gasteiger partial charge in [0.2, 0.25) is 5.88 Å². The number of aromatic nitrogens is 1. The van der Waals surface area contributed by atoms with E-state index in [2.05, 4.69) is 4.98 Å². The fourth-order valence-electron chi connectivity index (χ4n) is 3.07. The van der Waals surface area contributed by atoms with Crippen molar-refractivity contribution in [3.8, 4) is 11.6 Å². The number of carbonyl (C=O) groups excluding carboxylic acids is 1. The number of fused-ring (bicyclic) bond motifs is 1. The average Bonchev–Trinajstić information content (AvgIpc) is 2.96. The van der Waals surface area contributed by atoms with Crippen LogP contribution >= 0.6 is 0 Å². The molecule has 0 aliphatic carbocycles. The largest absolute Gasteiger partial charge is 0.506 e. The molecule has 2 N–H and O–H groups in total. The van der Waals surface area contributed by atoms with Gasteiger partial charge >= 0.3 is 10.2 Å². The van der Waals surface area contributed by atoms with Crippen molar-refractivity contribution >= 4 is 32.7 Å². The zero-order valence-corrected chi connectivity index (χ0v) is 16.1. The lowest BCUT2D eigenvalue weighted by Gasteiger charge is -2.18. The number of hydrogen-bond donors (Lipinski definition) is 2. The fourth-order valence-corrected chi connectivity index (χ4v) is 4.24. The van der Waals surface area contributed by atoms with Crippen LogP contribution in [0.15, 0.2) is 42.5 Å². The van der Waals surface area contributed by atoms with E-state index in [-0.39, 0.29) is 29.2 Å². The number of phenols is 1. The molecule has 0 radical (unpaired) electrons. The minimum absolute atomic E-state index is 0.0821. The summed E-state index contributed by atoms with van der Waals surface area (Å²) in [4.78, 5) is 15.5. The molecule has 2 aromatic carbocycles. The number of aromatic hydroxyl groups is 1. The quantitative estimate of drug-likeness (QED) is 0.635. The van der Waals surface area contributed by atoms with Crippen molar-refractivity contribution in [2.45, 2.75) is 6.42 Å². The maximum Gasteiger partial charge on any atom is 0.326 e. The normalized spacial score (nSPS) is 15.4. The highest BCUT2D eigenvalue weighted by atomic mass is 32.2. The summed E-state index contributed by atoms with van der Waals surface area (Å²) in [5.74, 6) is -2.86. The number of anilines is 1. The molecular weight excluding hydrogens is 420 g/mol. The van der Waals surface area contributed by atoms with Gasteiger partial charge in [0.05, 0.1) is 6.61 Å². The van der Waals surface area contributed by atoms with Crippen molar-refractivity contribution in [1.29, 1.82) is 0 Å². The lowest BCUT2D eigenvalue weighted by Crippen LogP contribution is -2.30. The monoisotopic (exact) mass is 435 g/mol. The number of rotatable bonds is 5. The van der Waals surface area contributed by atoms with Gasteiger partial charge < -0.3 is 9.84 Å². The van der Waals surface area contributed by atoms with Gasteiger partial charge in [0.1, 0.15) is 29.3 Å². The van der Waals surface area contributed by atoms with Crippen LogP contribution in [0, 0.1) is 11.6 Å². The molecule has 0 spiro atoms. The fraction of sp³-hybridized carbons (Fsp3) is 0.158. The van der Waals surface area contributed by atoms with Crippen LogP contribution in [0.3, 0.4) is 0 Å². The summed E-state index contributed by atoms with van der Waals surface area (Å²) >= 11 is 0. The maximum absolute atomic E-state index is 15.1. The molecule has 1 saturated heterocycles. The Labute approximate surface area is 169 Å². The van der Waals surface area contributed by atoms with Gasteiger partial charge in [-0.25, -0.2) is 22.8 Å². The Kier molecular flexibility index (Phi) is 4.90. The van der Waals surface area contributed by atoms with Gasteiger partial charge in [-0.1, -0.05) is 12.1 Å². The molecule has 1 aliphatic heterocycles. The minimum atomic E-state index is -4.31. The number of halogens is 2. The van der Waals surface area contributed by atoms with E-state index >= 15 is 4.39 Å². The molecule has 0 atom stereocenters. The zero-order chi connectivity index (χ0) is 21.5. The molecule has 1 amide bonds. The molecule has 1 aliphatic rings. The lowest BCUT2D eigenvalue weighted by molar-refractivity contribution is -0.117. The van der Waals surface area contributed by atoms with Crippen molar-refractivity contribution in [3.63, 3.8) is 0 Å². The zero-order valence-electron chi connectivity index (χ0n) is 15.3. The molecule has 11 heteroatoms. The Hall–Kier alpha value is -3.47. The summed E-state index contributed by atoms with van der Waals surface area (Å²) in [7, 11) is -4.31. The van der Waals surface area contributed by atoms with Crippen LogP contribution < -0.4 is 13.8 Å². The standard InChI is InChI=1S/C19H15F2N3O5S/c20-13-4-1-11(2-5-13)7-8-29-16-6-3-12-9-14(25)19(17(21)18(12)22-16)24-10-15(26)23-30(24,27)28/h1-6,9,25H,7-8,10H2,(H,23,26). The Bertz CT molecular complexity index is 1250. The second-order valence-electron chi connectivity index (χ2n) is 6.54. The summed E-state index contributed by atoms with van der Waals surface area (Å²) in [5, 5.41) is 10.4. The minimum Gasteiger partial charge on any atom is -0.506 e. The summed E-state index contributed by atoms with van der Waals surface area (Å²) in [6.07, 6.45) is 0.461. The summed E-state index contributed by atoms with van der Waals surface area (Å²) < 4.78 is 59.8. The topological polar surface area (TPSA) is 109 Å². The number of hydrogen-bond acceptors (Lipinski definition) is 6. The van der Waals surface area contributed by atoms with Gasteiger partial charge in [-0.05, 0) is 29.8 Å².